The predicted octanol–water partition coefficient (Wildman–Crippen LogP) is 3.05. The average molecular weight is 233 g/mol. The van der Waals surface area contributed by atoms with Crippen LogP contribution in [-0.4, -0.2) is 26.3 Å². The van der Waals surface area contributed by atoms with Gasteiger partial charge >= 0.3 is 0 Å². The minimum atomic E-state index is 0.854. The number of fused-ring (bicyclic) bond motifs is 1. The minimum Gasteiger partial charge on any atom is -0.378 e. The van der Waals surface area contributed by atoms with E-state index in [1.165, 1.54) is 20.7 Å². The van der Waals surface area contributed by atoms with Crippen LogP contribution in [0.25, 0.3) is 10.1 Å². The second-order valence-corrected chi connectivity index (χ2v) is 5.29. The first-order valence-electron chi connectivity index (χ1n) is 5.66. The molecule has 2 nitrogen and oxygen atoms in total. The van der Waals surface area contributed by atoms with Crippen molar-refractivity contribution in [3.63, 3.8) is 0 Å². The third kappa shape index (κ3) is 1.81. The van der Waals surface area contributed by atoms with Gasteiger partial charge in [-0.2, -0.15) is 0 Å². The Balaban J connectivity index is 1.97. The zero-order valence-corrected chi connectivity index (χ0v) is 10.2. The van der Waals surface area contributed by atoms with Crippen molar-refractivity contribution in [3.05, 3.63) is 29.8 Å². The van der Waals surface area contributed by atoms with Gasteiger partial charge in [0.25, 0.3) is 0 Å². The van der Waals surface area contributed by atoms with Crippen molar-refractivity contribution >= 4 is 26.4 Å². The summed E-state index contributed by atoms with van der Waals surface area (Å²) in [4.78, 5) is 2.42. The van der Waals surface area contributed by atoms with Crippen molar-refractivity contribution in [1.29, 1.82) is 0 Å². The van der Waals surface area contributed by atoms with E-state index in [-0.39, 0.29) is 0 Å². The van der Waals surface area contributed by atoms with Crippen LogP contribution in [-0.2, 0) is 4.74 Å². The summed E-state index contributed by atoms with van der Waals surface area (Å²) in [7, 11) is 0. The highest BCUT2D eigenvalue weighted by Crippen LogP contribution is 2.33. The van der Waals surface area contributed by atoms with E-state index in [0.717, 1.165) is 26.3 Å². The van der Waals surface area contributed by atoms with Crippen molar-refractivity contribution in [1.82, 2.24) is 0 Å². The molecule has 1 fully saturated rings. The predicted molar refractivity (Wildman–Crippen MR) is 69.6 cm³/mol. The molecule has 16 heavy (non-hydrogen) atoms. The molecule has 2 aromatic rings. The Labute approximate surface area is 99.4 Å². The maximum Gasteiger partial charge on any atom is 0.0922 e. The quantitative estimate of drug-likeness (QED) is 0.750. The molecular weight excluding hydrogens is 218 g/mol. The Hall–Kier alpha value is -1.06. The van der Waals surface area contributed by atoms with Gasteiger partial charge in [-0.3, -0.25) is 0 Å². The number of aryl methyl sites for hydroxylation is 1. The van der Waals surface area contributed by atoms with E-state index in [2.05, 4.69) is 36.1 Å². The first-order valence-corrected chi connectivity index (χ1v) is 6.47. The lowest BCUT2D eigenvalue weighted by atomic mass is 10.2. The van der Waals surface area contributed by atoms with Gasteiger partial charge in [0.05, 0.1) is 18.2 Å². The summed E-state index contributed by atoms with van der Waals surface area (Å²) in [6, 6.07) is 8.97. The second kappa shape index (κ2) is 4.07. The second-order valence-electron chi connectivity index (χ2n) is 4.23. The lowest BCUT2D eigenvalue weighted by molar-refractivity contribution is 0.123. The number of hydrogen-bond acceptors (Lipinski definition) is 3. The Kier molecular flexibility index (Phi) is 2.58. The summed E-state index contributed by atoms with van der Waals surface area (Å²) < 4.78 is 6.76. The van der Waals surface area contributed by atoms with Crippen molar-refractivity contribution in [2.24, 2.45) is 0 Å². The molecule has 3 heteroatoms. The first kappa shape index (κ1) is 10.1. The summed E-state index contributed by atoms with van der Waals surface area (Å²) in [5, 5.41) is 2.75. The Morgan fingerprint density at radius 3 is 2.81 bits per heavy atom. The molecule has 0 saturated carbocycles. The van der Waals surface area contributed by atoms with E-state index in [4.69, 9.17) is 4.74 Å². The third-order valence-electron chi connectivity index (χ3n) is 2.98. The molecular formula is C13H15NOS. The monoisotopic (exact) mass is 233 g/mol. The van der Waals surface area contributed by atoms with Crippen LogP contribution in [0.4, 0.5) is 5.00 Å². The number of thiophene rings is 1. The summed E-state index contributed by atoms with van der Waals surface area (Å²) in [5.74, 6) is 0. The van der Waals surface area contributed by atoms with Gasteiger partial charge < -0.3 is 9.64 Å². The van der Waals surface area contributed by atoms with Gasteiger partial charge in [0.2, 0.25) is 0 Å². The molecule has 0 N–H and O–H groups in total. The molecule has 0 spiro atoms. The van der Waals surface area contributed by atoms with Gasteiger partial charge in [-0.05, 0) is 24.4 Å². The SMILES string of the molecule is Cc1ccc2sc(N3CCOCC3)cc2c1. The third-order valence-corrected chi connectivity index (χ3v) is 4.16. The number of nitrogens with zero attached hydrogens (tertiary/aromatic N) is 1. The highest BCUT2D eigenvalue weighted by Gasteiger charge is 2.13. The topological polar surface area (TPSA) is 12.5 Å². The Bertz CT molecular complexity index is 500. The standard InChI is InChI=1S/C13H15NOS/c1-10-2-3-12-11(8-10)9-13(16-12)14-4-6-15-7-5-14/h2-3,8-9H,4-7H2,1H3. The maximum absolute atomic E-state index is 5.38. The number of anilines is 1. The summed E-state index contributed by atoms with van der Waals surface area (Å²) in [6.45, 7) is 5.89. The molecule has 0 amide bonds. The zero-order chi connectivity index (χ0) is 11.0. The minimum absolute atomic E-state index is 0.854. The molecule has 1 aromatic heterocycles. The number of rotatable bonds is 1. The molecule has 3 rings (SSSR count). The van der Waals surface area contributed by atoms with E-state index in [0.29, 0.717) is 0 Å². The fraction of sp³-hybridized carbons (Fsp3) is 0.385. The lowest BCUT2D eigenvalue weighted by Gasteiger charge is -2.27. The first-order chi connectivity index (χ1) is 7.83. The number of ether oxygens (including phenoxy) is 1. The molecule has 84 valence electrons. The summed E-state index contributed by atoms with van der Waals surface area (Å²) in [6.07, 6.45) is 0. The van der Waals surface area contributed by atoms with E-state index >= 15 is 0 Å². The Morgan fingerprint density at radius 2 is 2.00 bits per heavy atom. The van der Waals surface area contributed by atoms with E-state index in [1.807, 2.05) is 11.3 Å². The molecule has 0 atom stereocenters. The summed E-state index contributed by atoms with van der Waals surface area (Å²) in [5.41, 5.74) is 1.33. The molecule has 0 bridgehead atoms. The van der Waals surface area contributed by atoms with Crippen LogP contribution in [0.15, 0.2) is 24.3 Å². The maximum atomic E-state index is 5.38. The number of morpholine rings is 1. The van der Waals surface area contributed by atoms with Crippen LogP contribution in [0.5, 0.6) is 0 Å². The van der Waals surface area contributed by atoms with Gasteiger partial charge in [-0.1, -0.05) is 17.7 Å². The number of benzene rings is 1. The molecule has 1 saturated heterocycles. The van der Waals surface area contributed by atoms with Gasteiger partial charge in [-0.25, -0.2) is 0 Å². The van der Waals surface area contributed by atoms with E-state index in [1.54, 1.807) is 0 Å². The van der Waals surface area contributed by atoms with Crippen LogP contribution in [0, 0.1) is 6.92 Å². The Morgan fingerprint density at radius 1 is 1.19 bits per heavy atom. The normalized spacial score (nSPS) is 16.9. The van der Waals surface area contributed by atoms with Crippen LogP contribution in [0.1, 0.15) is 5.56 Å². The molecule has 0 unspecified atom stereocenters. The zero-order valence-electron chi connectivity index (χ0n) is 9.40. The number of hydrogen-bond donors (Lipinski definition) is 0. The van der Waals surface area contributed by atoms with Gasteiger partial charge in [0.15, 0.2) is 0 Å². The lowest BCUT2D eigenvalue weighted by Crippen LogP contribution is -2.35. The fourth-order valence-corrected chi connectivity index (χ4v) is 3.18. The van der Waals surface area contributed by atoms with Gasteiger partial charge in [0.1, 0.15) is 0 Å². The van der Waals surface area contributed by atoms with E-state index in [9.17, 15) is 0 Å². The molecule has 1 aromatic carbocycles. The van der Waals surface area contributed by atoms with Crippen molar-refractivity contribution in [2.45, 2.75) is 6.92 Å². The fourth-order valence-electron chi connectivity index (χ4n) is 2.09. The molecule has 2 heterocycles. The highest BCUT2D eigenvalue weighted by atomic mass is 32.1. The van der Waals surface area contributed by atoms with Crippen molar-refractivity contribution in [3.8, 4) is 0 Å². The largest absolute Gasteiger partial charge is 0.378 e. The van der Waals surface area contributed by atoms with Crippen LogP contribution in [0.2, 0.25) is 0 Å². The molecule has 1 aliphatic heterocycles. The average Bonchev–Trinajstić information content (AvgIpc) is 2.73. The van der Waals surface area contributed by atoms with Crippen LogP contribution in [0.3, 0.4) is 0 Å². The highest BCUT2D eigenvalue weighted by molar-refractivity contribution is 7.22. The smallest absolute Gasteiger partial charge is 0.0922 e. The van der Waals surface area contributed by atoms with Crippen molar-refractivity contribution in [2.75, 3.05) is 31.2 Å². The molecule has 1 aliphatic rings. The van der Waals surface area contributed by atoms with Crippen LogP contribution < -0.4 is 4.90 Å². The van der Waals surface area contributed by atoms with Gasteiger partial charge in [0, 0.05) is 17.8 Å². The summed E-state index contributed by atoms with van der Waals surface area (Å²) >= 11 is 1.88. The van der Waals surface area contributed by atoms with Crippen molar-refractivity contribution < 1.29 is 4.74 Å². The van der Waals surface area contributed by atoms with E-state index < -0.39 is 0 Å². The van der Waals surface area contributed by atoms with Gasteiger partial charge in [-0.15, -0.1) is 11.3 Å². The molecule has 0 radical (unpaired) electrons. The molecule has 0 aliphatic carbocycles. The van der Waals surface area contributed by atoms with Crippen LogP contribution >= 0.6 is 11.3 Å².